The molecule has 3 aromatic rings. The average molecular weight is 397 g/mol. The van der Waals surface area contributed by atoms with Crippen molar-refractivity contribution < 1.29 is 22.7 Å². The van der Waals surface area contributed by atoms with Crippen molar-refractivity contribution in [3.05, 3.63) is 102 Å². The summed E-state index contributed by atoms with van der Waals surface area (Å²) in [5.41, 5.74) is 1.04. The molecular formula is C23H18F3NO2. The van der Waals surface area contributed by atoms with E-state index in [1.807, 2.05) is 36.4 Å². The Morgan fingerprint density at radius 1 is 0.931 bits per heavy atom. The van der Waals surface area contributed by atoms with Crippen molar-refractivity contribution in [1.29, 1.82) is 0 Å². The van der Waals surface area contributed by atoms with Crippen LogP contribution in [0.4, 0.5) is 24.5 Å². The molecule has 0 aliphatic heterocycles. The molecular weight excluding hydrogens is 379 g/mol. The number of hydrogen-bond acceptors (Lipinski definition) is 3. The zero-order chi connectivity index (χ0) is 20.7. The maximum absolute atomic E-state index is 12.9. The van der Waals surface area contributed by atoms with Gasteiger partial charge in [0.1, 0.15) is 6.61 Å². The van der Waals surface area contributed by atoms with E-state index in [0.29, 0.717) is 5.69 Å². The molecule has 29 heavy (non-hydrogen) atoms. The first-order chi connectivity index (χ1) is 13.9. The van der Waals surface area contributed by atoms with E-state index in [2.05, 4.69) is 5.32 Å². The Kier molecular flexibility index (Phi) is 6.34. The normalized spacial score (nSPS) is 11.4. The van der Waals surface area contributed by atoms with Crippen molar-refractivity contribution in [2.24, 2.45) is 0 Å². The van der Waals surface area contributed by atoms with Gasteiger partial charge >= 0.3 is 12.1 Å². The largest absolute Gasteiger partial charge is 0.458 e. The summed E-state index contributed by atoms with van der Waals surface area (Å²) < 4.78 is 44.0. The van der Waals surface area contributed by atoms with Crippen LogP contribution in [0, 0.1) is 0 Å². The molecule has 148 valence electrons. The van der Waals surface area contributed by atoms with Gasteiger partial charge in [-0.3, -0.25) is 0 Å². The molecule has 3 rings (SSSR count). The lowest BCUT2D eigenvalue weighted by molar-refractivity contribution is -0.137. The molecule has 0 amide bonds. The third-order valence-corrected chi connectivity index (χ3v) is 4.04. The molecule has 6 heteroatoms. The van der Waals surface area contributed by atoms with Gasteiger partial charge < -0.3 is 10.1 Å². The van der Waals surface area contributed by atoms with Gasteiger partial charge in [-0.2, -0.15) is 13.2 Å². The molecule has 0 spiro atoms. The summed E-state index contributed by atoms with van der Waals surface area (Å²) in [4.78, 5) is 12.4. The third-order valence-electron chi connectivity index (χ3n) is 4.04. The zero-order valence-electron chi connectivity index (χ0n) is 15.3. The summed E-state index contributed by atoms with van der Waals surface area (Å²) in [5, 5.41) is 2.86. The highest BCUT2D eigenvalue weighted by molar-refractivity contribution is 5.96. The first kappa shape index (κ1) is 20.2. The van der Waals surface area contributed by atoms with E-state index < -0.39 is 17.7 Å². The van der Waals surface area contributed by atoms with Crippen LogP contribution >= 0.6 is 0 Å². The van der Waals surface area contributed by atoms with Crippen molar-refractivity contribution in [3.63, 3.8) is 0 Å². The number of esters is 1. The summed E-state index contributed by atoms with van der Waals surface area (Å²) in [6.07, 6.45) is -0.891. The van der Waals surface area contributed by atoms with Gasteiger partial charge in [-0.25, -0.2) is 4.79 Å². The molecule has 3 aromatic carbocycles. The highest BCUT2D eigenvalue weighted by atomic mass is 19.4. The molecule has 0 aliphatic rings. The van der Waals surface area contributed by atoms with Crippen LogP contribution in [-0.4, -0.2) is 12.6 Å². The molecule has 0 atom stereocenters. The second-order valence-electron chi connectivity index (χ2n) is 6.16. The minimum atomic E-state index is -4.44. The van der Waals surface area contributed by atoms with Gasteiger partial charge in [0.25, 0.3) is 0 Å². The number of nitrogens with one attached hydrogen (secondary N) is 1. The minimum Gasteiger partial charge on any atom is -0.458 e. The molecule has 0 unspecified atom stereocenters. The van der Waals surface area contributed by atoms with Crippen LogP contribution in [0.1, 0.15) is 21.5 Å². The second kappa shape index (κ2) is 9.10. The quantitative estimate of drug-likeness (QED) is 0.495. The fourth-order valence-corrected chi connectivity index (χ4v) is 2.65. The second-order valence-corrected chi connectivity index (χ2v) is 6.16. The lowest BCUT2D eigenvalue weighted by atomic mass is 10.1. The number of carbonyl (C=O) groups excluding carboxylic acids is 1. The van der Waals surface area contributed by atoms with Gasteiger partial charge in [0, 0.05) is 5.69 Å². The Morgan fingerprint density at radius 2 is 1.66 bits per heavy atom. The molecule has 0 bridgehead atoms. The van der Waals surface area contributed by atoms with Crippen molar-refractivity contribution in [2.75, 3.05) is 11.9 Å². The van der Waals surface area contributed by atoms with E-state index in [9.17, 15) is 18.0 Å². The number of rotatable bonds is 6. The molecule has 0 saturated heterocycles. The number of alkyl halides is 3. The Labute approximate surface area is 166 Å². The smallest absolute Gasteiger partial charge is 0.416 e. The molecule has 3 nitrogen and oxygen atoms in total. The summed E-state index contributed by atoms with van der Waals surface area (Å²) >= 11 is 0. The zero-order valence-corrected chi connectivity index (χ0v) is 15.3. The van der Waals surface area contributed by atoms with E-state index >= 15 is 0 Å². The van der Waals surface area contributed by atoms with Crippen molar-refractivity contribution in [3.8, 4) is 0 Å². The molecule has 0 fully saturated rings. The van der Waals surface area contributed by atoms with Gasteiger partial charge in [0.2, 0.25) is 0 Å². The summed E-state index contributed by atoms with van der Waals surface area (Å²) in [6, 6.07) is 20.9. The molecule has 0 saturated carbocycles. The molecule has 0 aromatic heterocycles. The van der Waals surface area contributed by atoms with E-state index in [1.165, 1.54) is 12.1 Å². The van der Waals surface area contributed by atoms with Gasteiger partial charge in [-0.05, 0) is 42.0 Å². The Balaban J connectivity index is 1.68. The Morgan fingerprint density at radius 3 is 2.41 bits per heavy atom. The number of ether oxygens (including phenoxy) is 1. The van der Waals surface area contributed by atoms with Gasteiger partial charge in [-0.1, -0.05) is 54.6 Å². The predicted octanol–water partition coefficient (Wildman–Crippen LogP) is 6.32. The minimum absolute atomic E-state index is 0.0750. The topological polar surface area (TPSA) is 38.3 Å². The maximum Gasteiger partial charge on any atom is 0.416 e. The van der Waals surface area contributed by atoms with Crippen LogP contribution in [0.2, 0.25) is 0 Å². The standard InChI is InChI=1S/C23H18F3NO2/c24-23(25,26)18-11-6-12-19(16-18)27-21-14-5-4-13-20(21)22(28)29-15-7-10-17-8-2-1-3-9-17/h1-14,16,27H,15H2/b10-7+. The first-order valence-electron chi connectivity index (χ1n) is 8.85. The van der Waals surface area contributed by atoms with E-state index in [4.69, 9.17) is 4.74 Å². The van der Waals surface area contributed by atoms with Crippen LogP contribution < -0.4 is 5.32 Å². The summed E-state index contributed by atoms with van der Waals surface area (Å²) in [5.74, 6) is -0.571. The SMILES string of the molecule is O=C(OC/C=C/c1ccccc1)c1ccccc1Nc1cccc(C(F)(F)F)c1. The number of benzene rings is 3. The van der Waals surface area contributed by atoms with Crippen molar-refractivity contribution in [2.45, 2.75) is 6.18 Å². The van der Waals surface area contributed by atoms with Crippen LogP contribution in [0.5, 0.6) is 0 Å². The van der Waals surface area contributed by atoms with Gasteiger partial charge in [0.05, 0.1) is 16.8 Å². The summed E-state index contributed by atoms with van der Waals surface area (Å²) in [6.45, 7) is 0.0750. The number of hydrogen-bond donors (Lipinski definition) is 1. The van der Waals surface area contributed by atoms with Crippen LogP contribution in [0.25, 0.3) is 6.08 Å². The predicted molar refractivity (Wildman–Crippen MR) is 107 cm³/mol. The van der Waals surface area contributed by atoms with Gasteiger partial charge in [-0.15, -0.1) is 0 Å². The fourth-order valence-electron chi connectivity index (χ4n) is 2.65. The lowest BCUT2D eigenvalue weighted by Crippen LogP contribution is -2.09. The highest BCUT2D eigenvalue weighted by Crippen LogP contribution is 2.32. The van der Waals surface area contributed by atoms with Crippen molar-refractivity contribution >= 4 is 23.4 Å². The first-order valence-corrected chi connectivity index (χ1v) is 8.85. The highest BCUT2D eigenvalue weighted by Gasteiger charge is 2.30. The number of anilines is 2. The van der Waals surface area contributed by atoms with E-state index in [-0.39, 0.29) is 17.9 Å². The fraction of sp³-hybridized carbons (Fsp3) is 0.0870. The van der Waals surface area contributed by atoms with Crippen molar-refractivity contribution in [1.82, 2.24) is 0 Å². The summed E-state index contributed by atoms with van der Waals surface area (Å²) in [7, 11) is 0. The number of halogens is 3. The maximum atomic E-state index is 12.9. The number of para-hydroxylation sites is 1. The Hall–Kier alpha value is -3.54. The van der Waals surface area contributed by atoms with E-state index in [0.717, 1.165) is 17.7 Å². The number of carbonyl (C=O) groups is 1. The molecule has 0 aliphatic carbocycles. The van der Waals surface area contributed by atoms with Crippen LogP contribution in [0.15, 0.2) is 84.9 Å². The molecule has 1 N–H and O–H groups in total. The van der Waals surface area contributed by atoms with Crippen LogP contribution in [0.3, 0.4) is 0 Å². The van der Waals surface area contributed by atoms with Gasteiger partial charge in [0.15, 0.2) is 0 Å². The Bertz CT molecular complexity index is 998. The third kappa shape index (κ3) is 5.72. The monoisotopic (exact) mass is 397 g/mol. The van der Waals surface area contributed by atoms with Crippen LogP contribution in [-0.2, 0) is 10.9 Å². The molecule has 0 radical (unpaired) electrons. The molecule has 0 heterocycles. The lowest BCUT2D eigenvalue weighted by Gasteiger charge is -2.13. The van der Waals surface area contributed by atoms with E-state index in [1.54, 1.807) is 30.3 Å². The average Bonchev–Trinajstić information content (AvgIpc) is 2.72.